The van der Waals surface area contributed by atoms with Crippen LogP contribution in [0.5, 0.6) is 5.75 Å². The molecule has 0 fully saturated rings. The Morgan fingerprint density at radius 3 is 2.39 bits per heavy atom. The topological polar surface area (TPSA) is 49.8 Å². The second-order valence-electron chi connectivity index (χ2n) is 4.76. The van der Waals surface area contributed by atoms with Gasteiger partial charge in [0.25, 0.3) is 0 Å². The van der Waals surface area contributed by atoms with Crippen LogP contribution in [-0.4, -0.2) is 43.7 Å². The molecule has 0 aliphatic rings. The van der Waals surface area contributed by atoms with Crippen molar-refractivity contribution >= 4 is 5.97 Å². The fraction of sp³-hybridized carbons (Fsp3) is 0.500. The molecule has 0 aromatic heterocycles. The molecule has 1 aromatic carbocycles. The first-order chi connectivity index (χ1) is 8.38. The Morgan fingerprint density at radius 2 is 1.94 bits per heavy atom. The Hall–Kier alpha value is -1.55. The molecule has 0 aliphatic carbocycles. The lowest BCUT2D eigenvalue weighted by atomic mass is 9.91. The Labute approximate surface area is 108 Å². The number of hydrogen-bond acceptors (Lipinski definition) is 3. The predicted molar refractivity (Wildman–Crippen MR) is 71.4 cm³/mol. The molecule has 4 heteroatoms. The Balaban J connectivity index is 3.21. The summed E-state index contributed by atoms with van der Waals surface area (Å²) >= 11 is 0. The van der Waals surface area contributed by atoms with Crippen LogP contribution in [0.15, 0.2) is 12.1 Å². The van der Waals surface area contributed by atoms with Crippen molar-refractivity contribution in [2.45, 2.75) is 19.8 Å². The van der Waals surface area contributed by atoms with Crippen LogP contribution in [-0.2, 0) is 4.79 Å². The van der Waals surface area contributed by atoms with Crippen LogP contribution >= 0.6 is 0 Å². The van der Waals surface area contributed by atoms with Gasteiger partial charge in [0.1, 0.15) is 5.75 Å². The van der Waals surface area contributed by atoms with Gasteiger partial charge >= 0.3 is 5.97 Å². The summed E-state index contributed by atoms with van der Waals surface area (Å²) in [4.78, 5) is 13.3. The van der Waals surface area contributed by atoms with Gasteiger partial charge in [0.2, 0.25) is 0 Å². The van der Waals surface area contributed by atoms with E-state index < -0.39 is 11.9 Å². The summed E-state index contributed by atoms with van der Waals surface area (Å²) in [6, 6.07) is 3.69. The van der Waals surface area contributed by atoms with E-state index in [0.717, 1.165) is 22.4 Å². The van der Waals surface area contributed by atoms with Gasteiger partial charge < -0.3 is 14.7 Å². The molecule has 18 heavy (non-hydrogen) atoms. The second kappa shape index (κ2) is 5.87. The van der Waals surface area contributed by atoms with Crippen molar-refractivity contribution in [3.8, 4) is 5.75 Å². The van der Waals surface area contributed by atoms with Crippen LogP contribution in [0.2, 0.25) is 0 Å². The molecule has 0 spiro atoms. The number of likely N-dealkylation sites (N-methyl/N-ethyl adjacent to an activating group) is 1. The Kier molecular flexibility index (Phi) is 4.73. The van der Waals surface area contributed by atoms with Gasteiger partial charge in [0.05, 0.1) is 13.0 Å². The lowest BCUT2D eigenvalue weighted by molar-refractivity contribution is -0.139. The second-order valence-corrected chi connectivity index (χ2v) is 4.76. The third kappa shape index (κ3) is 3.01. The lowest BCUT2D eigenvalue weighted by Crippen LogP contribution is -2.26. The zero-order chi connectivity index (χ0) is 13.9. The van der Waals surface area contributed by atoms with E-state index in [1.165, 1.54) is 0 Å². The maximum absolute atomic E-state index is 11.4. The van der Waals surface area contributed by atoms with Gasteiger partial charge in [-0.2, -0.15) is 0 Å². The minimum Gasteiger partial charge on any atom is -0.496 e. The highest BCUT2D eigenvalue weighted by Crippen LogP contribution is 2.29. The third-order valence-electron chi connectivity index (χ3n) is 3.22. The molecule has 1 N–H and O–H groups in total. The number of carbonyl (C=O) groups is 1. The number of carboxylic acids is 1. The highest BCUT2D eigenvalue weighted by Gasteiger charge is 2.23. The zero-order valence-electron chi connectivity index (χ0n) is 11.7. The summed E-state index contributed by atoms with van der Waals surface area (Å²) in [6.45, 7) is 4.38. The summed E-state index contributed by atoms with van der Waals surface area (Å²) in [5, 5.41) is 9.36. The van der Waals surface area contributed by atoms with Gasteiger partial charge in [-0.3, -0.25) is 4.79 Å². The smallest absolute Gasteiger partial charge is 0.312 e. The molecule has 0 heterocycles. The fourth-order valence-electron chi connectivity index (χ4n) is 2.09. The lowest BCUT2D eigenvalue weighted by Gasteiger charge is -2.21. The van der Waals surface area contributed by atoms with Crippen molar-refractivity contribution in [1.29, 1.82) is 0 Å². The molecule has 0 radical (unpaired) electrons. The molecule has 4 nitrogen and oxygen atoms in total. The largest absolute Gasteiger partial charge is 0.496 e. The molecule has 0 saturated carbocycles. The van der Waals surface area contributed by atoms with Gasteiger partial charge in [0, 0.05) is 6.54 Å². The predicted octanol–water partition coefficient (Wildman–Crippen LogP) is 2.04. The molecule has 1 rings (SSSR count). The van der Waals surface area contributed by atoms with Gasteiger partial charge in [-0.1, -0.05) is 6.07 Å². The quantitative estimate of drug-likeness (QED) is 0.870. The molecule has 1 aromatic rings. The van der Waals surface area contributed by atoms with Gasteiger partial charge in [0.15, 0.2) is 0 Å². The standard InChI is InChI=1S/C14H21NO3/c1-9-10(2)13(18-5)7-6-11(9)12(14(16)17)8-15(3)4/h6-7,12H,8H2,1-5H3,(H,16,17). The molecule has 1 unspecified atom stereocenters. The van der Waals surface area contributed by atoms with Gasteiger partial charge in [-0.05, 0) is 50.7 Å². The van der Waals surface area contributed by atoms with Crippen LogP contribution < -0.4 is 4.74 Å². The third-order valence-corrected chi connectivity index (χ3v) is 3.22. The summed E-state index contributed by atoms with van der Waals surface area (Å²) < 4.78 is 5.24. The molecule has 0 bridgehead atoms. The van der Waals surface area contributed by atoms with E-state index in [-0.39, 0.29) is 0 Å². The number of aliphatic carboxylic acids is 1. The summed E-state index contributed by atoms with van der Waals surface area (Å²) in [5.74, 6) is -0.508. The first-order valence-electron chi connectivity index (χ1n) is 5.90. The fourth-order valence-corrected chi connectivity index (χ4v) is 2.09. The van der Waals surface area contributed by atoms with Crippen LogP contribution in [0.1, 0.15) is 22.6 Å². The molecular weight excluding hydrogens is 230 g/mol. The average Bonchev–Trinajstić information content (AvgIpc) is 2.29. The number of methoxy groups -OCH3 is 1. The van der Waals surface area contributed by atoms with E-state index in [0.29, 0.717) is 6.54 Å². The van der Waals surface area contributed by atoms with Crippen LogP contribution in [0.3, 0.4) is 0 Å². The van der Waals surface area contributed by atoms with Gasteiger partial charge in [-0.15, -0.1) is 0 Å². The summed E-state index contributed by atoms with van der Waals surface area (Å²) in [6.07, 6.45) is 0. The number of ether oxygens (including phenoxy) is 1. The monoisotopic (exact) mass is 251 g/mol. The normalized spacial score (nSPS) is 12.6. The first-order valence-corrected chi connectivity index (χ1v) is 5.90. The molecule has 0 saturated heterocycles. The highest BCUT2D eigenvalue weighted by atomic mass is 16.5. The van der Waals surface area contributed by atoms with Crippen LogP contribution in [0.4, 0.5) is 0 Å². The Morgan fingerprint density at radius 1 is 1.33 bits per heavy atom. The number of carboxylic acid groups (broad SMARTS) is 1. The van der Waals surface area contributed by atoms with Crippen molar-refractivity contribution in [3.05, 3.63) is 28.8 Å². The summed E-state index contributed by atoms with van der Waals surface area (Å²) in [5.41, 5.74) is 2.85. The SMILES string of the molecule is COc1ccc(C(CN(C)C)C(=O)O)c(C)c1C. The van der Waals surface area contributed by atoms with E-state index in [9.17, 15) is 9.90 Å². The molecule has 0 aliphatic heterocycles. The molecular formula is C14H21NO3. The first kappa shape index (κ1) is 14.5. The van der Waals surface area contributed by atoms with Crippen molar-refractivity contribution in [2.75, 3.05) is 27.7 Å². The van der Waals surface area contributed by atoms with Crippen molar-refractivity contribution in [3.63, 3.8) is 0 Å². The van der Waals surface area contributed by atoms with Crippen LogP contribution in [0.25, 0.3) is 0 Å². The molecule has 0 amide bonds. The number of nitrogens with zero attached hydrogens (tertiary/aromatic N) is 1. The average molecular weight is 251 g/mol. The maximum atomic E-state index is 11.4. The van der Waals surface area contributed by atoms with E-state index in [2.05, 4.69) is 0 Å². The minimum atomic E-state index is -0.795. The molecule has 1 atom stereocenters. The maximum Gasteiger partial charge on any atom is 0.312 e. The van der Waals surface area contributed by atoms with Gasteiger partial charge in [-0.25, -0.2) is 0 Å². The van der Waals surface area contributed by atoms with Crippen molar-refractivity contribution in [2.24, 2.45) is 0 Å². The molecule has 100 valence electrons. The van der Waals surface area contributed by atoms with Crippen LogP contribution in [0, 0.1) is 13.8 Å². The van der Waals surface area contributed by atoms with E-state index in [1.54, 1.807) is 7.11 Å². The minimum absolute atomic E-state index is 0.488. The summed E-state index contributed by atoms with van der Waals surface area (Å²) in [7, 11) is 5.37. The van der Waals surface area contributed by atoms with E-state index in [4.69, 9.17) is 4.74 Å². The number of hydrogen-bond donors (Lipinski definition) is 1. The number of rotatable bonds is 5. The van der Waals surface area contributed by atoms with Crippen molar-refractivity contribution in [1.82, 2.24) is 4.90 Å². The highest BCUT2D eigenvalue weighted by molar-refractivity contribution is 5.77. The zero-order valence-corrected chi connectivity index (χ0v) is 11.7. The van der Waals surface area contributed by atoms with Crippen molar-refractivity contribution < 1.29 is 14.6 Å². The van der Waals surface area contributed by atoms with E-state index >= 15 is 0 Å². The number of benzene rings is 1. The Bertz CT molecular complexity index is 441. The van der Waals surface area contributed by atoms with E-state index in [1.807, 2.05) is 45.0 Å².